The lowest BCUT2D eigenvalue weighted by Gasteiger charge is -2.32. The molecule has 1 aliphatic heterocycles. The zero-order valence-corrected chi connectivity index (χ0v) is 50.9. The van der Waals surface area contributed by atoms with Gasteiger partial charge in [0.1, 0.15) is 53.8 Å². The predicted molar refractivity (Wildman–Crippen MR) is 320 cm³/mol. The van der Waals surface area contributed by atoms with Gasteiger partial charge in [-0.05, 0) is 111 Å². The second-order valence-electron chi connectivity index (χ2n) is 21.8. The fourth-order valence-electron chi connectivity index (χ4n) is 10.0. The van der Waals surface area contributed by atoms with Gasteiger partial charge in [-0.15, -0.1) is 0 Å². The van der Waals surface area contributed by atoms with Crippen LogP contribution in [0.15, 0.2) is 83.1 Å². The Hall–Kier alpha value is -8.59. The number of likely N-dealkylation sites (N-methyl/N-ethyl adjacent to an activating group) is 1. The number of phenolic OH excluding ortho intramolecular Hbond substituents is 1. The Kier molecular flexibility index (Phi) is 25.4. The number of amides is 7. The first-order valence-corrected chi connectivity index (χ1v) is 30.0. The fourth-order valence-corrected chi connectivity index (χ4v) is 11.5. The highest BCUT2D eigenvalue weighted by atomic mass is 32.2. The summed E-state index contributed by atoms with van der Waals surface area (Å²) >= 11 is 0. The summed E-state index contributed by atoms with van der Waals surface area (Å²) in [6.07, 6.45) is 3.64. The van der Waals surface area contributed by atoms with E-state index in [9.17, 15) is 57.0 Å². The van der Waals surface area contributed by atoms with Gasteiger partial charge in [-0.3, -0.25) is 38.6 Å². The molecule has 0 saturated carbocycles. The van der Waals surface area contributed by atoms with E-state index in [0.717, 1.165) is 0 Å². The number of aromatic amines is 1. The first-order valence-electron chi connectivity index (χ1n) is 28.5. The number of methoxy groups -OCH3 is 1. The monoisotopic (exact) mass is 1210 g/mol. The molecule has 1 aromatic heterocycles. The SMILES string of the molecule is CC[C@H](C)[C@H](NC(=O)[C@H](Cc1ccc(O)cc1)NC(=O)[C@@H](NC(=O)[C@H](CCCN=C(N)NS(=O)(=O)c1c(C)cc(OC)c(C)c1C)NC(=O)CNC)C(C)C)C(=O)N[C@@H](Cc1cnc[nH]1)C(=O)N1CCC[C@H]1C(=O)N[C@@H](Cc1ccccc1)C(=O)O. The van der Waals surface area contributed by atoms with Gasteiger partial charge in [0, 0.05) is 44.2 Å². The van der Waals surface area contributed by atoms with Gasteiger partial charge in [0.25, 0.3) is 10.0 Å². The van der Waals surface area contributed by atoms with Crippen LogP contribution in [0.3, 0.4) is 0 Å². The molecule has 0 spiro atoms. The number of H-pyrrole nitrogens is 1. The summed E-state index contributed by atoms with van der Waals surface area (Å²) in [6, 6.07) is 7.29. The largest absolute Gasteiger partial charge is 0.508 e. The summed E-state index contributed by atoms with van der Waals surface area (Å²) in [5.41, 5.74) is 9.20. The summed E-state index contributed by atoms with van der Waals surface area (Å²) in [5.74, 6) is -7.41. The van der Waals surface area contributed by atoms with Gasteiger partial charge in [0.15, 0.2) is 0 Å². The Balaban J connectivity index is 1.34. The molecular weight excluding hydrogens is 1130 g/mol. The average Bonchev–Trinajstić information content (AvgIpc) is 3.59. The lowest BCUT2D eigenvalue weighted by molar-refractivity contribution is -0.145. The molecule has 1 aliphatic rings. The van der Waals surface area contributed by atoms with Gasteiger partial charge in [-0.1, -0.05) is 76.6 Å². The number of benzene rings is 3. The number of guanidine groups is 1. The van der Waals surface area contributed by atoms with Crippen LogP contribution in [-0.2, 0) is 67.6 Å². The third-order valence-corrected chi connectivity index (χ3v) is 16.7. The van der Waals surface area contributed by atoms with Crippen LogP contribution in [0.25, 0.3) is 0 Å². The summed E-state index contributed by atoms with van der Waals surface area (Å²) < 4.78 is 34.6. The fraction of sp³-hybridized carbons (Fsp3) is 0.492. The number of aliphatic carboxylic acids is 1. The minimum Gasteiger partial charge on any atom is -0.508 e. The van der Waals surface area contributed by atoms with E-state index < -0.39 is 117 Å². The number of aliphatic imine (C=N–C) groups is 1. The van der Waals surface area contributed by atoms with Crippen LogP contribution in [0.2, 0.25) is 0 Å². The number of aromatic nitrogens is 2. The first-order chi connectivity index (χ1) is 40.8. The van der Waals surface area contributed by atoms with Gasteiger partial charge in [0.2, 0.25) is 47.3 Å². The zero-order valence-electron chi connectivity index (χ0n) is 50.1. The van der Waals surface area contributed by atoms with Crippen molar-refractivity contribution in [2.24, 2.45) is 22.6 Å². The van der Waals surface area contributed by atoms with Crippen molar-refractivity contribution in [3.8, 4) is 11.5 Å². The minimum absolute atomic E-state index is 0.00214. The van der Waals surface area contributed by atoms with Crippen molar-refractivity contribution in [3.63, 3.8) is 0 Å². The number of sulfonamides is 1. The quantitative estimate of drug-likeness (QED) is 0.0190. The van der Waals surface area contributed by atoms with Crippen molar-refractivity contribution in [1.29, 1.82) is 0 Å². The molecule has 4 aromatic rings. The van der Waals surface area contributed by atoms with Gasteiger partial charge < -0.3 is 67.8 Å². The minimum atomic E-state index is -4.19. The molecule has 2 heterocycles. The molecule has 1 saturated heterocycles. The van der Waals surface area contributed by atoms with Gasteiger partial charge in [-0.2, -0.15) is 0 Å². The van der Waals surface area contributed by atoms with Crippen LogP contribution >= 0.6 is 0 Å². The molecule has 27 heteroatoms. The van der Waals surface area contributed by atoms with E-state index in [1.165, 1.54) is 43.7 Å². The van der Waals surface area contributed by atoms with Crippen molar-refractivity contribution >= 4 is 63.3 Å². The van der Waals surface area contributed by atoms with Crippen LogP contribution in [0.1, 0.15) is 93.3 Å². The molecule has 468 valence electrons. The third kappa shape index (κ3) is 19.2. The molecule has 3 aromatic carbocycles. The van der Waals surface area contributed by atoms with Crippen LogP contribution in [0, 0.1) is 32.6 Å². The first kappa shape index (κ1) is 68.2. The number of aryl methyl sites for hydroxylation is 1. The normalized spacial score (nSPS) is 15.9. The number of nitrogens with zero attached hydrogens (tertiary/aromatic N) is 3. The molecule has 5 rings (SSSR count). The molecule has 8 atom stereocenters. The van der Waals surface area contributed by atoms with Gasteiger partial charge >= 0.3 is 5.97 Å². The number of likely N-dealkylation sites (tertiary alicyclic amines) is 1. The molecule has 0 bridgehead atoms. The van der Waals surface area contributed by atoms with Crippen molar-refractivity contribution in [1.82, 2.24) is 56.8 Å². The second kappa shape index (κ2) is 32.1. The maximum absolute atomic E-state index is 14.7. The van der Waals surface area contributed by atoms with E-state index in [0.29, 0.717) is 52.1 Å². The maximum atomic E-state index is 14.7. The molecular formula is C59H83N13O13S. The second-order valence-corrected chi connectivity index (χ2v) is 23.4. The Morgan fingerprint density at radius 1 is 0.802 bits per heavy atom. The van der Waals surface area contributed by atoms with Crippen LogP contribution in [0.5, 0.6) is 11.5 Å². The lowest BCUT2D eigenvalue weighted by atomic mass is 9.96. The highest BCUT2D eigenvalue weighted by molar-refractivity contribution is 7.90. The van der Waals surface area contributed by atoms with E-state index in [-0.39, 0.29) is 68.8 Å². The number of phenols is 1. The Labute approximate surface area is 501 Å². The molecule has 0 unspecified atom stereocenters. The van der Waals surface area contributed by atoms with Gasteiger partial charge in [0.05, 0.1) is 24.9 Å². The number of hydrogen-bond acceptors (Lipinski definition) is 15. The number of imidazole rings is 1. The predicted octanol–water partition coefficient (Wildman–Crippen LogP) is 1.06. The van der Waals surface area contributed by atoms with Crippen molar-refractivity contribution < 1.29 is 61.7 Å². The summed E-state index contributed by atoms with van der Waals surface area (Å²) in [5, 5.41) is 39.2. The summed E-state index contributed by atoms with van der Waals surface area (Å²) in [6.45, 7) is 11.7. The highest BCUT2D eigenvalue weighted by Crippen LogP contribution is 2.30. The van der Waals surface area contributed by atoms with Crippen molar-refractivity contribution in [3.05, 3.63) is 107 Å². The maximum Gasteiger partial charge on any atom is 0.326 e. The van der Waals surface area contributed by atoms with E-state index in [2.05, 4.69) is 56.9 Å². The smallest absolute Gasteiger partial charge is 0.326 e. The molecule has 0 aliphatic carbocycles. The van der Waals surface area contributed by atoms with E-state index in [1.807, 2.05) is 0 Å². The molecule has 7 amide bonds. The number of ether oxygens (including phenoxy) is 1. The van der Waals surface area contributed by atoms with E-state index in [4.69, 9.17) is 10.5 Å². The topological polar surface area (TPSA) is 387 Å². The van der Waals surface area contributed by atoms with Crippen molar-refractivity contribution in [2.75, 3.05) is 33.8 Å². The van der Waals surface area contributed by atoms with E-state index >= 15 is 0 Å². The molecule has 26 nitrogen and oxygen atoms in total. The zero-order chi connectivity index (χ0) is 63.4. The standard InChI is InChI=1S/C59H83N13O13S/c1-10-34(4)50(56(79)67-44(29-40-30-62-32-64-40)57(80)72-25-15-19-46(72)54(77)68-45(58(81)82)28-38-16-12-11-13-17-38)70-53(76)43(27-39-20-22-41(73)23-21-39)66-55(78)49(33(2)3)69-52(75)42(65-48(74)31-61-8)18-14-24-63-59(60)71-86(83,84)51-35(5)26-47(85-9)36(6)37(51)7/h11-13,16-17,20-23,26,30,32-34,42-46,49-50,61,73H,10,14-15,18-19,24-25,27-29,31H2,1-9H3,(H,62,64)(H,65,74)(H,66,78)(H,67,79)(H,68,77)(H,69,75)(H,70,76)(H,81,82)(H3,60,63,71)/t34-,42-,43-,44-,45-,46-,49-,50-/m0/s1. The molecule has 0 radical (unpaired) electrons. The third-order valence-electron chi connectivity index (χ3n) is 15.0. The molecule has 13 N–H and O–H groups in total. The molecule has 86 heavy (non-hydrogen) atoms. The number of carboxylic acid groups (broad SMARTS) is 1. The van der Waals surface area contributed by atoms with Gasteiger partial charge in [-0.25, -0.2) is 22.9 Å². The Morgan fingerprint density at radius 3 is 2.05 bits per heavy atom. The highest BCUT2D eigenvalue weighted by Gasteiger charge is 2.41. The Morgan fingerprint density at radius 2 is 1.43 bits per heavy atom. The average molecular weight is 1210 g/mol. The lowest BCUT2D eigenvalue weighted by Crippen LogP contribution is -2.62. The number of hydrogen-bond donors (Lipinski definition) is 12. The number of carboxylic acids is 1. The number of carbonyl (C=O) groups excluding carboxylic acids is 7. The van der Waals surface area contributed by atoms with Crippen LogP contribution in [0.4, 0.5) is 0 Å². The number of rotatable bonds is 31. The van der Waals surface area contributed by atoms with E-state index in [1.54, 1.807) is 97.0 Å². The number of aromatic hydroxyl groups is 1. The van der Waals surface area contributed by atoms with Crippen molar-refractivity contribution in [2.45, 2.75) is 147 Å². The summed E-state index contributed by atoms with van der Waals surface area (Å²) in [4.78, 5) is 124. The number of nitrogens with two attached hydrogens (primary N) is 1. The number of nitrogens with one attached hydrogen (secondary N) is 9. The number of carbonyl (C=O) groups is 8. The molecule has 1 fully saturated rings. The summed E-state index contributed by atoms with van der Waals surface area (Å²) in [7, 11) is -1.17. The van der Waals surface area contributed by atoms with Crippen LogP contribution in [-0.4, -0.2) is 163 Å². The van der Waals surface area contributed by atoms with Crippen LogP contribution < -0.4 is 52.4 Å². The Bertz CT molecular complexity index is 3140.